The number of pyridine rings is 1. The molecule has 1 heterocycles. The second-order valence-corrected chi connectivity index (χ2v) is 5.81. The Morgan fingerprint density at radius 1 is 1.10 bits per heavy atom. The van der Waals surface area contributed by atoms with Gasteiger partial charge in [-0.25, -0.2) is 4.39 Å². The van der Waals surface area contributed by atoms with Crippen LogP contribution >= 0.6 is 0 Å². The molecule has 1 saturated carbocycles. The number of hydrogen-bond acceptors (Lipinski definition) is 2. The van der Waals surface area contributed by atoms with Crippen LogP contribution in [0.15, 0.2) is 36.4 Å². The third-order valence-corrected chi connectivity index (χ3v) is 4.27. The molecule has 3 heteroatoms. The van der Waals surface area contributed by atoms with Crippen molar-refractivity contribution in [2.24, 2.45) is 0 Å². The molecule has 1 aliphatic rings. The van der Waals surface area contributed by atoms with Crippen LogP contribution in [-0.4, -0.2) is 11.0 Å². The molecule has 21 heavy (non-hydrogen) atoms. The van der Waals surface area contributed by atoms with Crippen molar-refractivity contribution in [2.45, 2.75) is 45.2 Å². The number of hydrogen-bond donors (Lipinski definition) is 1. The first-order chi connectivity index (χ1) is 10.2. The lowest BCUT2D eigenvalue weighted by molar-refractivity contribution is 0.522. The van der Waals surface area contributed by atoms with Crippen LogP contribution in [0.5, 0.6) is 0 Å². The molecule has 1 N–H and O–H groups in total. The van der Waals surface area contributed by atoms with Crippen LogP contribution in [-0.2, 0) is 6.54 Å². The summed E-state index contributed by atoms with van der Waals surface area (Å²) in [5.41, 5.74) is 4.14. The standard InChI is InChI=1S/C18H21FN2/c1-13-15(12-20-17-4-2-3-5-17)8-11-18(21-13)14-6-9-16(19)10-7-14/h6-11,17,20H,2-5,12H2,1H3. The largest absolute Gasteiger partial charge is 0.310 e. The average Bonchev–Trinajstić information content (AvgIpc) is 3.00. The number of rotatable bonds is 4. The van der Waals surface area contributed by atoms with Gasteiger partial charge in [0.15, 0.2) is 0 Å². The fourth-order valence-electron chi connectivity index (χ4n) is 2.94. The van der Waals surface area contributed by atoms with E-state index in [9.17, 15) is 4.39 Å². The van der Waals surface area contributed by atoms with Gasteiger partial charge in [0.1, 0.15) is 5.82 Å². The topological polar surface area (TPSA) is 24.9 Å². The van der Waals surface area contributed by atoms with E-state index in [1.54, 1.807) is 12.1 Å². The number of benzene rings is 1. The van der Waals surface area contributed by atoms with E-state index in [1.165, 1.54) is 43.4 Å². The first kappa shape index (κ1) is 14.2. The molecule has 110 valence electrons. The summed E-state index contributed by atoms with van der Waals surface area (Å²) in [6, 6.07) is 11.3. The molecule has 0 spiro atoms. The van der Waals surface area contributed by atoms with Gasteiger partial charge in [0, 0.05) is 23.8 Å². The van der Waals surface area contributed by atoms with Crippen molar-refractivity contribution in [2.75, 3.05) is 0 Å². The van der Waals surface area contributed by atoms with Gasteiger partial charge in [-0.15, -0.1) is 0 Å². The molecule has 3 rings (SSSR count). The Balaban J connectivity index is 1.71. The monoisotopic (exact) mass is 284 g/mol. The van der Waals surface area contributed by atoms with Gasteiger partial charge < -0.3 is 5.32 Å². The molecule has 0 unspecified atom stereocenters. The predicted molar refractivity (Wildman–Crippen MR) is 83.5 cm³/mol. The molecule has 0 amide bonds. The minimum Gasteiger partial charge on any atom is -0.310 e. The summed E-state index contributed by atoms with van der Waals surface area (Å²) >= 11 is 0. The Bertz CT molecular complexity index is 601. The van der Waals surface area contributed by atoms with Crippen molar-refractivity contribution in [1.29, 1.82) is 0 Å². The Morgan fingerprint density at radius 3 is 2.48 bits per heavy atom. The molecule has 1 aromatic heterocycles. The summed E-state index contributed by atoms with van der Waals surface area (Å²) < 4.78 is 13.0. The minimum atomic E-state index is -0.215. The number of nitrogens with zero attached hydrogens (tertiary/aromatic N) is 1. The Hall–Kier alpha value is -1.74. The second-order valence-electron chi connectivity index (χ2n) is 5.81. The summed E-state index contributed by atoms with van der Waals surface area (Å²) in [6.45, 7) is 2.92. The van der Waals surface area contributed by atoms with Gasteiger partial charge in [-0.2, -0.15) is 0 Å². The molecule has 1 fully saturated rings. The van der Waals surface area contributed by atoms with E-state index in [1.807, 2.05) is 13.0 Å². The fraction of sp³-hybridized carbons (Fsp3) is 0.389. The maximum absolute atomic E-state index is 13.0. The van der Waals surface area contributed by atoms with Gasteiger partial charge in [0.2, 0.25) is 0 Å². The highest BCUT2D eigenvalue weighted by molar-refractivity contribution is 5.59. The molecular weight excluding hydrogens is 263 g/mol. The zero-order chi connectivity index (χ0) is 14.7. The zero-order valence-corrected chi connectivity index (χ0v) is 12.4. The van der Waals surface area contributed by atoms with Crippen molar-refractivity contribution >= 4 is 0 Å². The Morgan fingerprint density at radius 2 is 1.81 bits per heavy atom. The molecule has 2 aromatic rings. The number of aryl methyl sites for hydroxylation is 1. The van der Waals surface area contributed by atoms with E-state index in [2.05, 4.69) is 16.4 Å². The Labute approximate surface area is 125 Å². The van der Waals surface area contributed by atoms with Crippen LogP contribution in [0.25, 0.3) is 11.3 Å². The van der Waals surface area contributed by atoms with E-state index < -0.39 is 0 Å². The number of nitrogens with one attached hydrogen (secondary N) is 1. The summed E-state index contributed by atoms with van der Waals surface area (Å²) in [6.07, 6.45) is 5.27. The van der Waals surface area contributed by atoms with E-state index in [0.29, 0.717) is 6.04 Å². The predicted octanol–water partition coefficient (Wildman–Crippen LogP) is 4.23. The van der Waals surface area contributed by atoms with E-state index >= 15 is 0 Å². The molecular formula is C18H21FN2. The first-order valence-corrected chi connectivity index (χ1v) is 7.68. The van der Waals surface area contributed by atoms with Gasteiger partial charge in [0.05, 0.1) is 5.69 Å². The first-order valence-electron chi connectivity index (χ1n) is 7.68. The van der Waals surface area contributed by atoms with Crippen LogP contribution < -0.4 is 5.32 Å². The summed E-state index contributed by atoms with van der Waals surface area (Å²) in [5, 5.41) is 3.62. The maximum atomic E-state index is 13.0. The number of halogens is 1. The lowest BCUT2D eigenvalue weighted by atomic mass is 10.1. The van der Waals surface area contributed by atoms with Gasteiger partial charge in [0.25, 0.3) is 0 Å². The van der Waals surface area contributed by atoms with Gasteiger partial charge >= 0.3 is 0 Å². The van der Waals surface area contributed by atoms with Crippen molar-refractivity contribution in [3.8, 4) is 11.3 Å². The maximum Gasteiger partial charge on any atom is 0.123 e. The van der Waals surface area contributed by atoms with Crippen molar-refractivity contribution in [3.63, 3.8) is 0 Å². The van der Waals surface area contributed by atoms with Crippen LogP contribution in [0.4, 0.5) is 4.39 Å². The summed E-state index contributed by atoms with van der Waals surface area (Å²) in [4.78, 5) is 4.66. The lowest BCUT2D eigenvalue weighted by Crippen LogP contribution is -2.25. The van der Waals surface area contributed by atoms with E-state index in [-0.39, 0.29) is 5.82 Å². The average molecular weight is 284 g/mol. The Kier molecular flexibility index (Phi) is 4.30. The molecule has 0 radical (unpaired) electrons. The highest BCUT2D eigenvalue weighted by Crippen LogP contribution is 2.21. The van der Waals surface area contributed by atoms with Gasteiger partial charge in [-0.1, -0.05) is 18.9 Å². The second kappa shape index (κ2) is 6.35. The third kappa shape index (κ3) is 3.48. The number of aromatic nitrogens is 1. The quantitative estimate of drug-likeness (QED) is 0.909. The minimum absolute atomic E-state index is 0.215. The SMILES string of the molecule is Cc1nc(-c2ccc(F)cc2)ccc1CNC1CCCC1. The highest BCUT2D eigenvalue weighted by Gasteiger charge is 2.14. The fourth-order valence-corrected chi connectivity index (χ4v) is 2.94. The van der Waals surface area contributed by atoms with Crippen LogP contribution in [0.2, 0.25) is 0 Å². The normalized spacial score (nSPS) is 15.5. The van der Waals surface area contributed by atoms with Gasteiger partial charge in [-0.3, -0.25) is 4.98 Å². The molecule has 1 aromatic carbocycles. The van der Waals surface area contributed by atoms with Crippen molar-refractivity contribution in [1.82, 2.24) is 10.3 Å². The molecule has 0 bridgehead atoms. The van der Waals surface area contributed by atoms with Gasteiger partial charge in [-0.05, 0) is 55.7 Å². The van der Waals surface area contributed by atoms with Crippen LogP contribution in [0.1, 0.15) is 36.9 Å². The molecule has 0 atom stereocenters. The van der Waals surface area contributed by atoms with Crippen molar-refractivity contribution in [3.05, 3.63) is 53.5 Å². The van der Waals surface area contributed by atoms with Crippen LogP contribution in [0.3, 0.4) is 0 Å². The molecule has 0 aliphatic heterocycles. The molecule has 1 aliphatic carbocycles. The van der Waals surface area contributed by atoms with Crippen molar-refractivity contribution < 1.29 is 4.39 Å². The zero-order valence-electron chi connectivity index (χ0n) is 12.4. The van der Waals surface area contributed by atoms with E-state index in [0.717, 1.165) is 23.5 Å². The highest BCUT2D eigenvalue weighted by atomic mass is 19.1. The third-order valence-electron chi connectivity index (χ3n) is 4.27. The van der Waals surface area contributed by atoms with Crippen LogP contribution in [0, 0.1) is 12.7 Å². The molecule has 2 nitrogen and oxygen atoms in total. The molecule has 0 saturated heterocycles. The summed E-state index contributed by atoms with van der Waals surface area (Å²) in [7, 11) is 0. The lowest BCUT2D eigenvalue weighted by Gasteiger charge is -2.13. The summed E-state index contributed by atoms with van der Waals surface area (Å²) in [5.74, 6) is -0.215. The van der Waals surface area contributed by atoms with E-state index in [4.69, 9.17) is 0 Å². The smallest absolute Gasteiger partial charge is 0.123 e.